The molecule has 0 nitrogen and oxygen atoms in total. The van der Waals surface area contributed by atoms with Crippen molar-refractivity contribution in [1.29, 1.82) is 0 Å². The van der Waals surface area contributed by atoms with E-state index in [1.54, 1.807) is 0 Å². The van der Waals surface area contributed by atoms with Crippen molar-refractivity contribution < 1.29 is 42.1 Å². The first kappa shape index (κ1) is 16.2. The molecule has 0 aliphatic rings. The van der Waals surface area contributed by atoms with Crippen LogP contribution in [0.1, 0.15) is 13.3 Å². The summed E-state index contributed by atoms with van der Waals surface area (Å²) in [4.78, 5) is 0. The van der Waals surface area contributed by atoms with Crippen LogP contribution in [0.4, 0.5) is 0 Å². The third-order valence-corrected chi connectivity index (χ3v) is 0. The fourth-order valence-corrected chi connectivity index (χ4v) is 0. The van der Waals surface area contributed by atoms with Gasteiger partial charge in [0.1, 0.15) is 0 Å². The van der Waals surface area contributed by atoms with E-state index in [1.165, 1.54) is 0 Å². The largest absolute Gasteiger partial charge is 0.344 e. The topological polar surface area (TPSA) is 0 Å². The molecule has 0 N–H and O–H groups in total. The molecule has 0 rings (SSSR count). The molecule has 0 heterocycles. The summed E-state index contributed by atoms with van der Waals surface area (Å²) in [7, 11) is 0. The zero-order valence-electron chi connectivity index (χ0n) is 3.23. The van der Waals surface area contributed by atoms with Crippen LogP contribution in [0, 0.1) is 6.92 Å². The van der Waals surface area contributed by atoms with Crippen LogP contribution in [0.3, 0.4) is 0 Å². The second-order valence-corrected chi connectivity index (χ2v) is 0.500. The Morgan fingerprint density at radius 3 is 1.40 bits per heavy atom. The monoisotopic (exact) mass is 411 g/mol. The van der Waals surface area contributed by atoms with Gasteiger partial charge in [0.15, 0.2) is 0 Å². The predicted molar refractivity (Wildman–Crippen MR) is 15.6 cm³/mol. The van der Waals surface area contributed by atoms with Crippen molar-refractivity contribution in [1.82, 2.24) is 0 Å². The zero-order valence-corrected chi connectivity index (χ0v) is 9.10. The summed E-state index contributed by atoms with van der Waals surface area (Å²) in [6.07, 6.45) is 1.00. The van der Waals surface area contributed by atoms with Crippen LogP contribution >= 0.6 is 0 Å². The molecule has 2 heteroatoms. The smallest absolute Gasteiger partial charge is 0 e. The van der Waals surface area contributed by atoms with E-state index in [0.29, 0.717) is 0 Å². The van der Waals surface area contributed by atoms with Gasteiger partial charge in [-0.15, -0.1) is 0 Å². The van der Waals surface area contributed by atoms with Gasteiger partial charge in [0.05, 0.1) is 0 Å². The average Bonchev–Trinajstić information content (AvgIpc) is 0.918. The Morgan fingerprint density at radius 1 is 1.40 bits per heavy atom. The Hall–Kier alpha value is 1.38. The first-order valence-corrected chi connectivity index (χ1v) is 1.21. The molecule has 0 aromatic heterocycles. The fraction of sp³-hybridized carbons (Fsp3) is 0.667. The molecule has 0 fully saturated rings. The molecule has 0 saturated carbocycles. The van der Waals surface area contributed by atoms with E-state index in [9.17, 15) is 0 Å². The number of hydrogen-bond acceptors (Lipinski definition) is 0. The van der Waals surface area contributed by atoms with Crippen LogP contribution in [-0.2, 0) is 42.1 Å². The summed E-state index contributed by atoms with van der Waals surface area (Å²) in [5.74, 6) is 0. The number of hydrogen-bond donors (Lipinski definition) is 0. The molecular weight excluding hydrogens is 404 g/mol. The molecule has 0 aliphatic carbocycles. The molecular formula is C3H7W2-. The van der Waals surface area contributed by atoms with Gasteiger partial charge in [-0.25, -0.2) is 0 Å². The van der Waals surface area contributed by atoms with Gasteiger partial charge in [-0.05, 0) is 0 Å². The van der Waals surface area contributed by atoms with Gasteiger partial charge in [-0.1, -0.05) is 6.92 Å². The Bertz CT molecular complexity index is 4.85. The first-order valence-electron chi connectivity index (χ1n) is 1.21. The van der Waals surface area contributed by atoms with Crippen molar-refractivity contribution in [3.8, 4) is 0 Å². The normalized spacial score (nSPS) is 3.60. The van der Waals surface area contributed by atoms with Crippen LogP contribution < -0.4 is 0 Å². The van der Waals surface area contributed by atoms with Gasteiger partial charge in [0.25, 0.3) is 0 Å². The van der Waals surface area contributed by atoms with Crippen molar-refractivity contribution in [3.05, 3.63) is 6.92 Å². The maximum atomic E-state index is 3.49. The van der Waals surface area contributed by atoms with Gasteiger partial charge in [-0.3, -0.25) is 0 Å². The third kappa shape index (κ3) is 32.3. The van der Waals surface area contributed by atoms with E-state index < -0.39 is 0 Å². The van der Waals surface area contributed by atoms with Crippen LogP contribution in [0.15, 0.2) is 0 Å². The maximum absolute atomic E-state index is 3.49. The quantitative estimate of drug-likeness (QED) is 0.527. The summed E-state index contributed by atoms with van der Waals surface area (Å²) in [6.45, 7) is 5.50. The molecule has 0 radical (unpaired) electrons. The SMILES string of the molecule is [CH2-]CC.[W].[W]. The second-order valence-electron chi connectivity index (χ2n) is 0.500. The maximum Gasteiger partial charge on any atom is 0 e. The molecule has 0 spiro atoms. The first-order chi connectivity index (χ1) is 1.41. The van der Waals surface area contributed by atoms with Crippen LogP contribution in [-0.4, -0.2) is 0 Å². The molecule has 0 aromatic carbocycles. The zero-order chi connectivity index (χ0) is 2.71. The summed E-state index contributed by atoms with van der Waals surface area (Å²) in [5.41, 5.74) is 0. The van der Waals surface area contributed by atoms with Gasteiger partial charge in [0, 0.05) is 42.1 Å². The van der Waals surface area contributed by atoms with E-state index >= 15 is 0 Å². The van der Waals surface area contributed by atoms with Crippen LogP contribution in [0.2, 0.25) is 0 Å². The van der Waals surface area contributed by atoms with E-state index in [1.807, 2.05) is 6.92 Å². The van der Waals surface area contributed by atoms with Gasteiger partial charge >= 0.3 is 0 Å². The van der Waals surface area contributed by atoms with Crippen molar-refractivity contribution >= 4 is 0 Å². The minimum atomic E-state index is 0. The van der Waals surface area contributed by atoms with Crippen LogP contribution in [0.5, 0.6) is 0 Å². The fourth-order valence-electron chi connectivity index (χ4n) is 0. The Labute approximate surface area is 62.2 Å². The number of rotatable bonds is 0. The molecule has 0 aliphatic heterocycles. The van der Waals surface area contributed by atoms with E-state index in [4.69, 9.17) is 0 Å². The molecule has 0 atom stereocenters. The third-order valence-electron chi connectivity index (χ3n) is 0. The molecule has 32 valence electrons. The van der Waals surface area contributed by atoms with Gasteiger partial charge in [0.2, 0.25) is 0 Å². The molecule has 5 heavy (non-hydrogen) atoms. The van der Waals surface area contributed by atoms with Crippen LogP contribution in [0.25, 0.3) is 0 Å². The van der Waals surface area contributed by atoms with Crippen molar-refractivity contribution in [3.63, 3.8) is 0 Å². The Morgan fingerprint density at radius 2 is 1.40 bits per heavy atom. The molecule has 0 bridgehead atoms. The van der Waals surface area contributed by atoms with E-state index in [2.05, 4.69) is 6.92 Å². The Balaban J connectivity index is -0.0000000200. The second kappa shape index (κ2) is 18.2. The minimum absolute atomic E-state index is 0. The Kier molecular flexibility index (Phi) is 59.0. The summed E-state index contributed by atoms with van der Waals surface area (Å²) in [6, 6.07) is 0. The summed E-state index contributed by atoms with van der Waals surface area (Å²) >= 11 is 0. The van der Waals surface area contributed by atoms with E-state index in [-0.39, 0.29) is 42.1 Å². The van der Waals surface area contributed by atoms with Crippen molar-refractivity contribution in [2.45, 2.75) is 13.3 Å². The van der Waals surface area contributed by atoms with E-state index in [0.717, 1.165) is 6.42 Å². The van der Waals surface area contributed by atoms with Gasteiger partial charge in [-0.2, -0.15) is 6.42 Å². The molecule has 0 amide bonds. The summed E-state index contributed by atoms with van der Waals surface area (Å²) < 4.78 is 0. The molecule has 0 aromatic rings. The molecule has 0 unspecified atom stereocenters. The van der Waals surface area contributed by atoms with Crippen molar-refractivity contribution in [2.24, 2.45) is 0 Å². The standard InChI is InChI=1S/C3H7.2W/c1-3-2;;/h1,3H2,2H3;;/q-1;;. The minimum Gasteiger partial charge on any atom is -0.344 e. The predicted octanol–water partition coefficient (Wildman–Crippen LogP) is 1.23. The average molecular weight is 411 g/mol. The van der Waals surface area contributed by atoms with Crippen molar-refractivity contribution in [2.75, 3.05) is 0 Å². The molecule has 0 saturated heterocycles. The van der Waals surface area contributed by atoms with Gasteiger partial charge < -0.3 is 6.92 Å². The summed E-state index contributed by atoms with van der Waals surface area (Å²) in [5, 5.41) is 0.